The van der Waals surface area contributed by atoms with Crippen molar-refractivity contribution < 1.29 is 29.6 Å². The molecule has 9 heteroatoms. The van der Waals surface area contributed by atoms with Crippen LogP contribution in [-0.2, 0) is 14.3 Å². The molecule has 0 bridgehead atoms. The highest BCUT2D eigenvalue weighted by Gasteiger charge is 2.37. The number of fused-ring (bicyclic) bond motifs is 1. The Morgan fingerprint density at radius 2 is 1.90 bits per heavy atom. The van der Waals surface area contributed by atoms with Crippen molar-refractivity contribution in [3.63, 3.8) is 0 Å². The third-order valence-corrected chi connectivity index (χ3v) is 4.98. The third-order valence-electron chi connectivity index (χ3n) is 4.98. The summed E-state index contributed by atoms with van der Waals surface area (Å²) < 4.78 is 5.08. The number of likely N-dealkylation sites (N-methyl/N-ethyl adjacent to an activating group) is 1. The van der Waals surface area contributed by atoms with Crippen molar-refractivity contribution in [3.05, 3.63) is 36.4 Å². The van der Waals surface area contributed by atoms with Gasteiger partial charge >= 0.3 is 0 Å². The predicted molar refractivity (Wildman–Crippen MR) is 118 cm³/mol. The second kappa shape index (κ2) is 10.2. The van der Waals surface area contributed by atoms with Gasteiger partial charge in [0.1, 0.15) is 24.4 Å². The number of aliphatic hydroxyl groups excluding tert-OH is 3. The van der Waals surface area contributed by atoms with Gasteiger partial charge in [0.25, 0.3) is 5.91 Å². The number of carbonyl (C=O) groups is 2. The molecule has 1 heterocycles. The third kappa shape index (κ3) is 6.51. The fraction of sp³-hybridized carbons (Fsp3) is 0.545. The fourth-order valence-corrected chi connectivity index (χ4v) is 3.24. The molecule has 2 rings (SSSR count). The number of benzene rings is 1. The second-order valence-corrected chi connectivity index (χ2v) is 8.80. The lowest BCUT2D eigenvalue weighted by Crippen LogP contribution is -2.56. The van der Waals surface area contributed by atoms with Gasteiger partial charge in [0.2, 0.25) is 5.91 Å². The van der Waals surface area contributed by atoms with E-state index in [9.17, 15) is 24.9 Å². The smallest absolute Gasteiger partial charge is 0.252 e. The molecule has 5 N–H and O–H groups in total. The number of allylic oxidation sites excluding steroid dienone is 1. The lowest BCUT2D eigenvalue weighted by atomic mass is 9.94. The highest BCUT2D eigenvalue weighted by atomic mass is 16.5. The van der Waals surface area contributed by atoms with Crippen LogP contribution in [0.15, 0.2) is 36.4 Å². The van der Waals surface area contributed by atoms with Gasteiger partial charge in [0.15, 0.2) is 6.10 Å². The van der Waals surface area contributed by atoms with Crippen molar-refractivity contribution in [1.29, 1.82) is 0 Å². The van der Waals surface area contributed by atoms with E-state index < -0.39 is 42.3 Å². The monoisotopic (exact) mass is 435 g/mol. The summed E-state index contributed by atoms with van der Waals surface area (Å²) >= 11 is 0. The first-order valence-corrected chi connectivity index (χ1v) is 10.1. The van der Waals surface area contributed by atoms with Crippen LogP contribution in [0.1, 0.15) is 20.8 Å². The van der Waals surface area contributed by atoms with Gasteiger partial charge in [0, 0.05) is 20.7 Å². The van der Waals surface area contributed by atoms with E-state index in [-0.39, 0.29) is 12.0 Å². The summed E-state index contributed by atoms with van der Waals surface area (Å²) in [6.45, 7) is 5.94. The maximum atomic E-state index is 12.8. The van der Waals surface area contributed by atoms with Crippen LogP contribution in [0.25, 0.3) is 0 Å². The van der Waals surface area contributed by atoms with Crippen LogP contribution in [0.5, 0.6) is 0 Å². The Morgan fingerprint density at radius 1 is 1.26 bits per heavy atom. The Kier molecular flexibility index (Phi) is 8.19. The molecular formula is C22H33N3O6. The Morgan fingerprint density at radius 3 is 2.52 bits per heavy atom. The van der Waals surface area contributed by atoms with Crippen molar-refractivity contribution in [2.45, 2.75) is 51.2 Å². The number of rotatable bonds is 7. The highest BCUT2D eigenvalue weighted by molar-refractivity contribution is 6.01. The number of ether oxygens (including phenoxy) is 1. The van der Waals surface area contributed by atoms with Gasteiger partial charge in [-0.3, -0.25) is 9.59 Å². The van der Waals surface area contributed by atoms with Gasteiger partial charge in [-0.05, 0) is 17.5 Å². The molecule has 0 saturated carbocycles. The summed E-state index contributed by atoms with van der Waals surface area (Å²) in [4.78, 5) is 27.2. The van der Waals surface area contributed by atoms with Crippen molar-refractivity contribution >= 4 is 23.2 Å². The van der Waals surface area contributed by atoms with E-state index in [4.69, 9.17) is 4.74 Å². The van der Waals surface area contributed by atoms with E-state index in [0.717, 1.165) is 5.69 Å². The van der Waals surface area contributed by atoms with Gasteiger partial charge in [-0.25, -0.2) is 0 Å². The molecule has 1 aromatic carbocycles. The summed E-state index contributed by atoms with van der Waals surface area (Å²) in [6.07, 6.45) is -3.21. The number of carbonyl (C=O) groups excluding carboxylic acids is 2. The largest absolute Gasteiger partial charge is 0.387 e. The summed E-state index contributed by atoms with van der Waals surface area (Å²) in [6, 6.07) is 6.34. The lowest BCUT2D eigenvalue weighted by molar-refractivity contribution is -0.150. The number of nitrogens with zero attached hydrogens (tertiary/aromatic N) is 1. The molecular weight excluding hydrogens is 402 g/mol. The lowest BCUT2D eigenvalue weighted by Gasteiger charge is -2.29. The highest BCUT2D eigenvalue weighted by Crippen LogP contribution is 2.27. The van der Waals surface area contributed by atoms with E-state index in [2.05, 4.69) is 10.6 Å². The number of para-hydroxylation sites is 2. The number of anilines is 2. The van der Waals surface area contributed by atoms with E-state index in [1.54, 1.807) is 25.3 Å². The standard InChI is InChI=1S/C22H33N3O6/c1-22(2,3)11-10-16(26)17(27)18(28)19(31-5)21(30)24-14-12-25(4)15-9-7-6-8-13(15)23-20(14)29/h6-11,14,16-19,26-28H,12H2,1-5H3,(H,23,29)(H,24,30)/b11-10+/t14?,16-,17+,18-,19-/m1/s1. The number of hydrogen-bond donors (Lipinski definition) is 5. The van der Waals surface area contributed by atoms with Crippen molar-refractivity contribution in [2.75, 3.05) is 30.9 Å². The van der Waals surface area contributed by atoms with Gasteiger partial charge in [-0.1, -0.05) is 45.1 Å². The molecule has 31 heavy (non-hydrogen) atoms. The number of nitrogens with one attached hydrogen (secondary N) is 2. The minimum atomic E-state index is -1.71. The molecule has 9 nitrogen and oxygen atoms in total. The first-order chi connectivity index (χ1) is 14.4. The van der Waals surface area contributed by atoms with Crippen molar-refractivity contribution in [2.24, 2.45) is 5.41 Å². The SMILES string of the molecule is CO[C@@H](C(=O)NC1CN(C)c2ccccc2NC1=O)[C@H](O)[C@@H](O)[C@H](O)/C=C/C(C)(C)C. The van der Waals surface area contributed by atoms with E-state index in [1.807, 2.05) is 37.8 Å². The molecule has 1 aromatic rings. The number of aliphatic hydroxyl groups is 3. The molecule has 1 aliphatic rings. The van der Waals surface area contributed by atoms with Crippen LogP contribution in [-0.4, -0.2) is 78.3 Å². The number of methoxy groups -OCH3 is 1. The molecule has 1 aliphatic heterocycles. The Hall–Kier alpha value is -2.46. The molecule has 0 radical (unpaired) electrons. The Bertz CT molecular complexity index is 807. The van der Waals surface area contributed by atoms with E-state index >= 15 is 0 Å². The number of amides is 2. The summed E-state index contributed by atoms with van der Waals surface area (Å²) in [5.74, 6) is -1.19. The molecule has 172 valence electrons. The minimum absolute atomic E-state index is 0.195. The predicted octanol–water partition coefficient (Wildman–Crippen LogP) is 0.260. The first kappa shape index (κ1) is 24.8. The summed E-state index contributed by atoms with van der Waals surface area (Å²) in [7, 11) is 3.00. The second-order valence-electron chi connectivity index (χ2n) is 8.80. The van der Waals surface area contributed by atoms with Crippen LogP contribution >= 0.6 is 0 Å². The Balaban J connectivity index is 2.08. The Labute approximate surface area is 182 Å². The molecule has 2 amide bonds. The van der Waals surface area contributed by atoms with E-state index in [0.29, 0.717) is 5.69 Å². The fourth-order valence-electron chi connectivity index (χ4n) is 3.24. The molecule has 0 aromatic heterocycles. The molecule has 5 atom stereocenters. The zero-order chi connectivity index (χ0) is 23.3. The molecule has 0 fully saturated rings. The quantitative estimate of drug-likeness (QED) is 0.388. The van der Waals surface area contributed by atoms with Gasteiger partial charge in [-0.15, -0.1) is 0 Å². The van der Waals surface area contributed by atoms with Crippen LogP contribution in [0.3, 0.4) is 0 Å². The normalized spacial score (nSPS) is 21.0. The van der Waals surface area contributed by atoms with Gasteiger partial charge in [-0.2, -0.15) is 0 Å². The zero-order valence-electron chi connectivity index (χ0n) is 18.6. The topological polar surface area (TPSA) is 131 Å². The van der Waals surface area contributed by atoms with Crippen LogP contribution in [0, 0.1) is 5.41 Å². The molecule has 0 aliphatic carbocycles. The average Bonchev–Trinajstić information content (AvgIpc) is 2.81. The average molecular weight is 436 g/mol. The van der Waals surface area contributed by atoms with Crippen LogP contribution < -0.4 is 15.5 Å². The van der Waals surface area contributed by atoms with Crippen molar-refractivity contribution in [3.8, 4) is 0 Å². The molecule has 0 saturated heterocycles. The number of hydrogen-bond acceptors (Lipinski definition) is 7. The van der Waals surface area contributed by atoms with Crippen molar-refractivity contribution in [1.82, 2.24) is 5.32 Å². The summed E-state index contributed by atoms with van der Waals surface area (Å²) in [5, 5.41) is 36.2. The van der Waals surface area contributed by atoms with E-state index in [1.165, 1.54) is 13.2 Å². The summed E-state index contributed by atoms with van der Waals surface area (Å²) in [5.41, 5.74) is 1.19. The van der Waals surface area contributed by atoms with Crippen LogP contribution in [0.2, 0.25) is 0 Å². The van der Waals surface area contributed by atoms with Crippen LogP contribution in [0.4, 0.5) is 11.4 Å². The molecule has 0 spiro atoms. The van der Waals surface area contributed by atoms with Gasteiger partial charge < -0.3 is 35.6 Å². The first-order valence-electron chi connectivity index (χ1n) is 10.1. The molecule has 1 unspecified atom stereocenters. The maximum absolute atomic E-state index is 12.8. The maximum Gasteiger partial charge on any atom is 0.252 e. The van der Waals surface area contributed by atoms with Gasteiger partial charge in [0.05, 0.1) is 11.4 Å². The zero-order valence-corrected chi connectivity index (χ0v) is 18.6. The minimum Gasteiger partial charge on any atom is -0.387 e.